The molecule has 0 radical (unpaired) electrons. The maximum absolute atomic E-state index is 11.7. The SMILES string of the molecule is CC[N+](C)(C)CC(F)(F)F. The summed E-state index contributed by atoms with van der Waals surface area (Å²) in [5.41, 5.74) is 0. The van der Waals surface area contributed by atoms with Gasteiger partial charge in [-0.25, -0.2) is 0 Å². The standard InChI is InChI=1S/C6H13F3N/c1-4-10(2,3)5-6(7,8)9/h4-5H2,1-3H3/q+1. The van der Waals surface area contributed by atoms with Crippen LogP contribution in [-0.4, -0.2) is 37.8 Å². The van der Waals surface area contributed by atoms with E-state index in [0.717, 1.165) is 0 Å². The molecule has 0 atom stereocenters. The van der Waals surface area contributed by atoms with Gasteiger partial charge in [-0.1, -0.05) is 0 Å². The minimum atomic E-state index is -4.04. The van der Waals surface area contributed by atoms with Crippen LogP contribution in [0.15, 0.2) is 0 Å². The van der Waals surface area contributed by atoms with Gasteiger partial charge in [0.15, 0.2) is 6.54 Å². The Bertz CT molecular complexity index is 106. The van der Waals surface area contributed by atoms with E-state index in [1.165, 1.54) is 0 Å². The number of halogens is 3. The van der Waals surface area contributed by atoms with Crippen LogP contribution in [-0.2, 0) is 0 Å². The summed E-state index contributed by atoms with van der Waals surface area (Å²) in [6, 6.07) is 0. The molecule has 0 rings (SSSR count). The van der Waals surface area contributed by atoms with Gasteiger partial charge in [0.1, 0.15) is 0 Å². The highest BCUT2D eigenvalue weighted by Gasteiger charge is 2.36. The van der Waals surface area contributed by atoms with Crippen LogP contribution in [0.5, 0.6) is 0 Å². The van der Waals surface area contributed by atoms with Crippen LogP contribution in [0.4, 0.5) is 13.2 Å². The molecule has 0 fully saturated rings. The molecule has 0 saturated carbocycles. The lowest BCUT2D eigenvalue weighted by Crippen LogP contribution is -2.46. The summed E-state index contributed by atoms with van der Waals surface area (Å²) in [6.45, 7) is 1.49. The summed E-state index contributed by atoms with van der Waals surface area (Å²) in [5.74, 6) is 0. The molecular formula is C6H13F3N+. The Morgan fingerprint density at radius 1 is 1.20 bits per heavy atom. The lowest BCUT2D eigenvalue weighted by atomic mass is 10.4. The Kier molecular flexibility index (Phi) is 2.71. The fraction of sp³-hybridized carbons (Fsp3) is 1.00. The zero-order valence-electron chi connectivity index (χ0n) is 6.50. The molecule has 0 saturated heterocycles. The smallest absolute Gasteiger partial charge is 0.321 e. The summed E-state index contributed by atoms with van der Waals surface area (Å²) in [7, 11) is 3.13. The van der Waals surface area contributed by atoms with Gasteiger partial charge in [-0.15, -0.1) is 0 Å². The molecule has 0 aromatic rings. The molecule has 0 aromatic carbocycles. The topological polar surface area (TPSA) is 0 Å². The first kappa shape index (κ1) is 9.75. The van der Waals surface area contributed by atoms with Crippen molar-refractivity contribution < 1.29 is 17.7 Å². The zero-order valence-corrected chi connectivity index (χ0v) is 6.50. The summed E-state index contributed by atoms with van der Waals surface area (Å²) in [4.78, 5) is 0. The van der Waals surface area contributed by atoms with Crippen molar-refractivity contribution in [2.75, 3.05) is 27.2 Å². The third kappa shape index (κ3) is 4.61. The van der Waals surface area contributed by atoms with Crippen molar-refractivity contribution in [1.82, 2.24) is 0 Å². The maximum atomic E-state index is 11.7. The second-order valence-corrected chi connectivity index (χ2v) is 3.03. The Morgan fingerprint density at radius 3 is 1.70 bits per heavy atom. The van der Waals surface area contributed by atoms with Crippen LogP contribution >= 0.6 is 0 Å². The van der Waals surface area contributed by atoms with Gasteiger partial charge in [0.25, 0.3) is 0 Å². The Balaban J connectivity index is 3.89. The number of nitrogens with zero attached hydrogens (tertiary/aromatic N) is 1. The first-order valence-electron chi connectivity index (χ1n) is 3.15. The van der Waals surface area contributed by atoms with Gasteiger partial charge in [0.2, 0.25) is 0 Å². The molecule has 0 bridgehead atoms. The molecule has 4 heteroatoms. The van der Waals surface area contributed by atoms with Crippen molar-refractivity contribution in [2.24, 2.45) is 0 Å². The van der Waals surface area contributed by atoms with Gasteiger partial charge in [-0.05, 0) is 6.92 Å². The maximum Gasteiger partial charge on any atom is 0.438 e. The first-order valence-corrected chi connectivity index (χ1v) is 3.15. The molecule has 0 N–H and O–H groups in total. The van der Waals surface area contributed by atoms with E-state index in [1.54, 1.807) is 21.0 Å². The van der Waals surface area contributed by atoms with Gasteiger partial charge in [-0.3, -0.25) is 0 Å². The molecule has 0 unspecified atom stereocenters. The van der Waals surface area contributed by atoms with Crippen LogP contribution in [0, 0.1) is 0 Å². The summed E-state index contributed by atoms with van der Waals surface area (Å²) < 4.78 is 35.2. The van der Waals surface area contributed by atoms with Crippen LogP contribution in [0.25, 0.3) is 0 Å². The lowest BCUT2D eigenvalue weighted by molar-refractivity contribution is -0.898. The zero-order chi connectivity index (χ0) is 8.41. The molecule has 0 heterocycles. The third-order valence-electron chi connectivity index (χ3n) is 1.46. The van der Waals surface area contributed by atoms with E-state index < -0.39 is 12.7 Å². The van der Waals surface area contributed by atoms with Crippen molar-refractivity contribution >= 4 is 0 Å². The van der Waals surface area contributed by atoms with E-state index in [4.69, 9.17) is 0 Å². The summed E-state index contributed by atoms with van der Waals surface area (Å²) >= 11 is 0. The second-order valence-electron chi connectivity index (χ2n) is 3.03. The second kappa shape index (κ2) is 2.78. The van der Waals surface area contributed by atoms with Crippen LogP contribution in [0.1, 0.15) is 6.92 Å². The molecular weight excluding hydrogens is 143 g/mol. The first-order chi connectivity index (χ1) is 4.27. The van der Waals surface area contributed by atoms with Gasteiger partial charge in [0, 0.05) is 0 Å². The molecule has 62 valence electrons. The predicted molar refractivity (Wildman–Crippen MR) is 33.6 cm³/mol. The minimum absolute atomic E-state index is 0.00347. The van der Waals surface area contributed by atoms with Crippen LogP contribution < -0.4 is 0 Å². The van der Waals surface area contributed by atoms with Crippen LogP contribution in [0.2, 0.25) is 0 Å². The van der Waals surface area contributed by atoms with E-state index in [-0.39, 0.29) is 4.48 Å². The van der Waals surface area contributed by atoms with Crippen LogP contribution in [0.3, 0.4) is 0 Å². The third-order valence-corrected chi connectivity index (χ3v) is 1.46. The monoisotopic (exact) mass is 156 g/mol. The van der Waals surface area contributed by atoms with Crippen molar-refractivity contribution in [3.8, 4) is 0 Å². The fourth-order valence-corrected chi connectivity index (χ4v) is 0.597. The van der Waals surface area contributed by atoms with E-state index in [9.17, 15) is 13.2 Å². The number of rotatable bonds is 2. The molecule has 0 aliphatic carbocycles. The highest BCUT2D eigenvalue weighted by molar-refractivity contribution is 4.45. The van der Waals surface area contributed by atoms with Gasteiger partial charge < -0.3 is 4.48 Å². The highest BCUT2D eigenvalue weighted by Crippen LogP contribution is 2.18. The molecule has 0 aliphatic rings. The number of hydrogen-bond donors (Lipinski definition) is 0. The fourth-order valence-electron chi connectivity index (χ4n) is 0.597. The normalized spacial score (nSPS) is 13.8. The van der Waals surface area contributed by atoms with Crippen molar-refractivity contribution in [3.05, 3.63) is 0 Å². The minimum Gasteiger partial charge on any atom is -0.321 e. The molecule has 0 aromatic heterocycles. The molecule has 0 aliphatic heterocycles. The average Bonchev–Trinajstić information content (AvgIpc) is 1.60. The summed E-state index contributed by atoms with van der Waals surface area (Å²) in [5, 5.41) is 0. The van der Waals surface area contributed by atoms with Crippen molar-refractivity contribution in [1.29, 1.82) is 0 Å². The van der Waals surface area contributed by atoms with Gasteiger partial charge in [-0.2, -0.15) is 13.2 Å². The lowest BCUT2D eigenvalue weighted by Gasteiger charge is -2.28. The Hall–Kier alpha value is -0.250. The molecule has 10 heavy (non-hydrogen) atoms. The highest BCUT2D eigenvalue weighted by atomic mass is 19.4. The van der Waals surface area contributed by atoms with E-state index in [1.807, 2.05) is 0 Å². The van der Waals surface area contributed by atoms with Crippen molar-refractivity contribution in [2.45, 2.75) is 13.1 Å². The number of alkyl halides is 3. The van der Waals surface area contributed by atoms with Gasteiger partial charge >= 0.3 is 6.18 Å². The largest absolute Gasteiger partial charge is 0.438 e. The van der Waals surface area contributed by atoms with E-state index >= 15 is 0 Å². The Labute approximate surface area is 59.0 Å². The number of quaternary nitrogens is 1. The van der Waals surface area contributed by atoms with Crippen molar-refractivity contribution in [3.63, 3.8) is 0 Å². The quantitative estimate of drug-likeness (QED) is 0.533. The summed E-state index contributed by atoms with van der Waals surface area (Å²) in [6.07, 6.45) is -4.04. The number of hydrogen-bond acceptors (Lipinski definition) is 0. The molecule has 1 nitrogen and oxygen atoms in total. The van der Waals surface area contributed by atoms with E-state index in [2.05, 4.69) is 0 Å². The predicted octanol–water partition coefficient (Wildman–Crippen LogP) is 1.64. The Morgan fingerprint density at radius 2 is 1.60 bits per heavy atom. The van der Waals surface area contributed by atoms with E-state index in [0.29, 0.717) is 6.54 Å². The van der Waals surface area contributed by atoms with Gasteiger partial charge in [0.05, 0.1) is 20.6 Å². The molecule has 0 amide bonds. The average molecular weight is 156 g/mol. The molecule has 0 spiro atoms.